The predicted octanol–water partition coefficient (Wildman–Crippen LogP) is 4.21. The minimum absolute atomic E-state index is 0.0806. The topological polar surface area (TPSA) is 53.6 Å². The predicted molar refractivity (Wildman–Crippen MR) is 115 cm³/mol. The lowest BCUT2D eigenvalue weighted by Gasteiger charge is -2.27. The molecule has 1 aliphatic rings. The Hall–Kier alpha value is -2.05. The number of nitrogens with one attached hydrogen (secondary N) is 2. The van der Waals surface area contributed by atoms with Crippen molar-refractivity contribution in [1.29, 1.82) is 0 Å². The average Bonchev–Trinajstić information content (AvgIpc) is 3.42. The number of nitrogens with zero attached hydrogens (tertiary/aromatic N) is 1. The summed E-state index contributed by atoms with van der Waals surface area (Å²) >= 11 is 1.77. The molecule has 152 valence electrons. The van der Waals surface area contributed by atoms with E-state index in [-0.39, 0.29) is 18.1 Å². The van der Waals surface area contributed by atoms with Crippen LogP contribution in [-0.2, 0) is 6.42 Å². The first kappa shape index (κ1) is 20.7. The van der Waals surface area contributed by atoms with Crippen LogP contribution in [0.4, 0.5) is 4.79 Å². The van der Waals surface area contributed by atoms with Crippen molar-refractivity contribution >= 4 is 17.4 Å². The molecule has 5 nitrogen and oxygen atoms in total. The Kier molecular flexibility index (Phi) is 7.74. The van der Waals surface area contributed by atoms with E-state index in [2.05, 4.69) is 52.1 Å². The molecule has 0 radical (unpaired) electrons. The lowest BCUT2D eigenvalue weighted by atomic mass is 10.1. The number of urea groups is 1. The normalized spacial score (nSPS) is 16.5. The van der Waals surface area contributed by atoms with Crippen LogP contribution in [0, 0.1) is 0 Å². The van der Waals surface area contributed by atoms with Gasteiger partial charge in [-0.05, 0) is 74.8 Å². The van der Waals surface area contributed by atoms with Crippen molar-refractivity contribution in [2.75, 3.05) is 26.7 Å². The zero-order valence-electron chi connectivity index (χ0n) is 16.8. The maximum atomic E-state index is 12.4. The number of benzene rings is 1. The van der Waals surface area contributed by atoms with Gasteiger partial charge in [0.15, 0.2) is 0 Å². The van der Waals surface area contributed by atoms with E-state index >= 15 is 0 Å². The van der Waals surface area contributed by atoms with Crippen LogP contribution in [-0.4, -0.2) is 43.7 Å². The smallest absolute Gasteiger partial charge is 0.315 e. The van der Waals surface area contributed by atoms with Crippen LogP contribution in [0.5, 0.6) is 5.75 Å². The van der Waals surface area contributed by atoms with Crippen LogP contribution in [0.15, 0.2) is 41.8 Å². The summed E-state index contributed by atoms with van der Waals surface area (Å²) in [4.78, 5) is 16.2. The Morgan fingerprint density at radius 2 is 1.96 bits per heavy atom. The summed E-state index contributed by atoms with van der Waals surface area (Å²) in [5.41, 5.74) is 1.25. The number of carbonyl (C=O) groups is 1. The van der Waals surface area contributed by atoms with E-state index < -0.39 is 0 Å². The number of methoxy groups -OCH3 is 1. The fourth-order valence-corrected chi connectivity index (χ4v) is 4.52. The van der Waals surface area contributed by atoms with Crippen molar-refractivity contribution in [3.8, 4) is 5.75 Å². The molecule has 1 aromatic carbocycles. The third kappa shape index (κ3) is 5.97. The number of carbonyl (C=O) groups excluding carboxylic acids is 1. The maximum Gasteiger partial charge on any atom is 0.315 e. The lowest BCUT2D eigenvalue weighted by Crippen LogP contribution is -2.44. The highest BCUT2D eigenvalue weighted by Gasteiger charge is 2.24. The van der Waals surface area contributed by atoms with Gasteiger partial charge >= 0.3 is 6.03 Å². The van der Waals surface area contributed by atoms with Gasteiger partial charge in [-0.3, -0.25) is 4.90 Å². The van der Waals surface area contributed by atoms with Gasteiger partial charge in [-0.2, -0.15) is 0 Å². The molecular weight excluding hydrogens is 370 g/mol. The van der Waals surface area contributed by atoms with Gasteiger partial charge in [-0.1, -0.05) is 18.2 Å². The molecule has 28 heavy (non-hydrogen) atoms. The first-order chi connectivity index (χ1) is 13.7. The molecule has 1 aromatic heterocycles. The quantitative estimate of drug-likeness (QED) is 0.662. The second kappa shape index (κ2) is 10.5. The number of aryl methyl sites for hydroxylation is 1. The number of amides is 2. The van der Waals surface area contributed by atoms with Crippen molar-refractivity contribution < 1.29 is 9.53 Å². The molecule has 0 bridgehead atoms. The lowest BCUT2D eigenvalue weighted by molar-refractivity contribution is 0.220. The van der Waals surface area contributed by atoms with Crippen molar-refractivity contribution in [1.82, 2.24) is 15.5 Å². The van der Waals surface area contributed by atoms with E-state index in [0.29, 0.717) is 6.54 Å². The summed E-state index contributed by atoms with van der Waals surface area (Å²) in [6.07, 6.45) is 4.32. The second-order valence-corrected chi connectivity index (χ2v) is 8.40. The van der Waals surface area contributed by atoms with E-state index in [1.807, 2.05) is 12.1 Å². The fraction of sp³-hybridized carbons (Fsp3) is 0.500. The Labute approximate surface area is 172 Å². The van der Waals surface area contributed by atoms with Crippen molar-refractivity contribution in [3.05, 3.63) is 52.2 Å². The van der Waals surface area contributed by atoms with E-state index in [9.17, 15) is 4.79 Å². The van der Waals surface area contributed by atoms with E-state index in [1.165, 1.54) is 23.3 Å². The first-order valence-electron chi connectivity index (χ1n) is 10.1. The van der Waals surface area contributed by atoms with Crippen molar-refractivity contribution in [2.24, 2.45) is 0 Å². The van der Waals surface area contributed by atoms with Crippen molar-refractivity contribution in [3.63, 3.8) is 0 Å². The highest BCUT2D eigenvalue weighted by atomic mass is 32.1. The zero-order valence-corrected chi connectivity index (χ0v) is 17.6. The average molecular weight is 402 g/mol. The molecule has 3 rings (SSSR count). The summed E-state index contributed by atoms with van der Waals surface area (Å²) in [6.45, 7) is 4.94. The molecule has 0 spiro atoms. The van der Waals surface area contributed by atoms with Gasteiger partial charge in [0.1, 0.15) is 5.75 Å². The molecule has 0 saturated carbocycles. The van der Waals surface area contributed by atoms with Gasteiger partial charge in [0, 0.05) is 17.5 Å². The number of thiophene rings is 1. The summed E-state index contributed by atoms with van der Waals surface area (Å²) < 4.78 is 5.19. The molecule has 2 unspecified atom stereocenters. The number of hydrogen-bond acceptors (Lipinski definition) is 4. The summed E-state index contributed by atoms with van der Waals surface area (Å²) in [7, 11) is 1.67. The van der Waals surface area contributed by atoms with Crippen LogP contribution < -0.4 is 15.4 Å². The highest BCUT2D eigenvalue weighted by molar-refractivity contribution is 7.10. The standard InChI is InChI=1S/C22H31N3O2S/c1-17(7-8-18-9-11-19(27-2)12-10-18)24-22(26)23-16-20(21-6-5-15-28-21)25-13-3-4-14-25/h5-6,9-12,15,17,20H,3-4,7-8,13-14,16H2,1-2H3,(H2,23,24,26). The van der Waals surface area contributed by atoms with Gasteiger partial charge in [0.2, 0.25) is 0 Å². The Morgan fingerprint density at radius 1 is 1.21 bits per heavy atom. The van der Waals surface area contributed by atoms with Crippen LogP contribution in [0.25, 0.3) is 0 Å². The van der Waals surface area contributed by atoms with Gasteiger partial charge < -0.3 is 15.4 Å². The van der Waals surface area contributed by atoms with Gasteiger partial charge in [-0.15, -0.1) is 11.3 Å². The third-order valence-electron chi connectivity index (χ3n) is 5.31. The Morgan fingerprint density at radius 3 is 2.61 bits per heavy atom. The van der Waals surface area contributed by atoms with E-state index in [0.717, 1.165) is 31.7 Å². The SMILES string of the molecule is COc1ccc(CCC(C)NC(=O)NCC(c2cccs2)N2CCCC2)cc1. The minimum Gasteiger partial charge on any atom is -0.497 e. The second-order valence-electron chi connectivity index (χ2n) is 7.42. The Bertz CT molecular complexity index is 712. The molecule has 6 heteroatoms. The molecule has 2 heterocycles. The summed E-state index contributed by atoms with van der Waals surface area (Å²) in [5.74, 6) is 0.868. The minimum atomic E-state index is -0.0806. The fourth-order valence-electron chi connectivity index (χ4n) is 3.66. The van der Waals surface area contributed by atoms with E-state index in [4.69, 9.17) is 4.74 Å². The monoisotopic (exact) mass is 401 g/mol. The molecule has 2 atom stereocenters. The molecule has 2 amide bonds. The molecule has 0 aliphatic carbocycles. The van der Waals surface area contributed by atoms with Crippen LogP contribution in [0.2, 0.25) is 0 Å². The van der Waals surface area contributed by atoms with Crippen LogP contribution >= 0.6 is 11.3 Å². The number of likely N-dealkylation sites (tertiary alicyclic amines) is 1. The molecule has 2 N–H and O–H groups in total. The third-order valence-corrected chi connectivity index (χ3v) is 6.29. The zero-order chi connectivity index (χ0) is 19.8. The van der Waals surface area contributed by atoms with Crippen LogP contribution in [0.3, 0.4) is 0 Å². The van der Waals surface area contributed by atoms with Gasteiger partial charge in [-0.25, -0.2) is 4.79 Å². The van der Waals surface area contributed by atoms with Crippen molar-refractivity contribution in [2.45, 2.75) is 44.7 Å². The molecular formula is C22H31N3O2S. The number of rotatable bonds is 9. The molecule has 2 aromatic rings. The number of hydrogen-bond donors (Lipinski definition) is 2. The molecule has 1 aliphatic heterocycles. The van der Waals surface area contributed by atoms with E-state index in [1.54, 1.807) is 18.4 Å². The summed E-state index contributed by atoms with van der Waals surface area (Å²) in [5, 5.41) is 8.28. The van der Waals surface area contributed by atoms with Crippen LogP contribution in [0.1, 0.15) is 42.7 Å². The Balaban J connectivity index is 1.43. The number of ether oxygens (including phenoxy) is 1. The molecule has 1 fully saturated rings. The summed E-state index contributed by atoms with van der Waals surface area (Å²) in [6, 6.07) is 12.7. The maximum absolute atomic E-state index is 12.4. The largest absolute Gasteiger partial charge is 0.497 e. The highest BCUT2D eigenvalue weighted by Crippen LogP contribution is 2.27. The van der Waals surface area contributed by atoms with Gasteiger partial charge in [0.25, 0.3) is 0 Å². The first-order valence-corrected chi connectivity index (χ1v) is 11.0. The molecule has 1 saturated heterocycles. The van der Waals surface area contributed by atoms with Gasteiger partial charge in [0.05, 0.1) is 13.2 Å².